The predicted octanol–water partition coefficient (Wildman–Crippen LogP) is 3.42. The Bertz CT molecular complexity index is 942. The third kappa shape index (κ3) is 3.92. The summed E-state index contributed by atoms with van der Waals surface area (Å²) < 4.78 is 10.6. The number of hydrogen-bond donors (Lipinski definition) is 1. The van der Waals surface area contributed by atoms with Crippen LogP contribution in [0.5, 0.6) is 11.5 Å². The minimum Gasteiger partial charge on any atom is -0.493 e. The summed E-state index contributed by atoms with van der Waals surface area (Å²) in [6, 6.07) is 7.28. The number of halogens is 1. The lowest BCUT2D eigenvalue weighted by molar-refractivity contribution is -0.119. The third-order valence-electron chi connectivity index (χ3n) is 4.77. The molecule has 0 saturated carbocycles. The summed E-state index contributed by atoms with van der Waals surface area (Å²) in [5.41, 5.74) is 9.95. The van der Waals surface area contributed by atoms with E-state index in [-0.39, 0.29) is 29.0 Å². The van der Waals surface area contributed by atoms with E-state index in [0.717, 1.165) is 24.1 Å². The van der Waals surface area contributed by atoms with Crippen LogP contribution in [0.2, 0.25) is 5.02 Å². The molecule has 2 aromatic carbocycles. The van der Waals surface area contributed by atoms with Gasteiger partial charge in [0.1, 0.15) is 0 Å². The SMILES string of the molecule is COc1cc(C(=O)N2CCCc3c(C)cc(C)cc32)cc(Cl)c1OCC(N)=O. The van der Waals surface area contributed by atoms with Gasteiger partial charge in [-0.1, -0.05) is 17.7 Å². The summed E-state index contributed by atoms with van der Waals surface area (Å²) in [4.78, 5) is 26.1. The van der Waals surface area contributed by atoms with E-state index < -0.39 is 5.91 Å². The van der Waals surface area contributed by atoms with Crippen molar-refractivity contribution in [2.24, 2.45) is 5.73 Å². The number of nitrogens with zero attached hydrogens (tertiary/aromatic N) is 1. The first kappa shape index (κ1) is 20.0. The van der Waals surface area contributed by atoms with Crippen molar-refractivity contribution >= 4 is 29.1 Å². The summed E-state index contributed by atoms with van der Waals surface area (Å²) in [7, 11) is 1.44. The minimum absolute atomic E-state index is 0.160. The van der Waals surface area contributed by atoms with Gasteiger partial charge in [0.05, 0.1) is 12.1 Å². The molecule has 3 rings (SSSR count). The molecule has 0 radical (unpaired) electrons. The zero-order valence-electron chi connectivity index (χ0n) is 16.2. The molecule has 148 valence electrons. The van der Waals surface area contributed by atoms with Crippen LogP contribution in [0.4, 0.5) is 5.69 Å². The smallest absolute Gasteiger partial charge is 0.258 e. The Hall–Kier alpha value is -2.73. The van der Waals surface area contributed by atoms with Gasteiger partial charge in [-0.3, -0.25) is 9.59 Å². The lowest BCUT2D eigenvalue weighted by Gasteiger charge is -2.31. The predicted molar refractivity (Wildman–Crippen MR) is 109 cm³/mol. The van der Waals surface area contributed by atoms with Crippen LogP contribution in [0, 0.1) is 13.8 Å². The van der Waals surface area contributed by atoms with Crippen LogP contribution in [-0.4, -0.2) is 32.1 Å². The summed E-state index contributed by atoms with van der Waals surface area (Å²) in [5, 5.41) is 0.182. The molecule has 0 saturated heterocycles. The molecule has 1 aliphatic heterocycles. The third-order valence-corrected chi connectivity index (χ3v) is 5.05. The maximum Gasteiger partial charge on any atom is 0.258 e. The van der Waals surface area contributed by atoms with E-state index in [2.05, 4.69) is 13.0 Å². The number of methoxy groups -OCH3 is 1. The molecular formula is C21H23ClN2O4. The Morgan fingerprint density at radius 3 is 2.64 bits per heavy atom. The van der Waals surface area contributed by atoms with Crippen molar-refractivity contribution in [3.63, 3.8) is 0 Å². The molecule has 1 aliphatic rings. The molecule has 2 aromatic rings. The van der Waals surface area contributed by atoms with Crippen molar-refractivity contribution in [2.75, 3.05) is 25.2 Å². The van der Waals surface area contributed by atoms with Crippen molar-refractivity contribution < 1.29 is 19.1 Å². The number of nitrogens with two attached hydrogens (primary N) is 1. The number of primary amides is 1. The summed E-state index contributed by atoms with van der Waals surface area (Å²) in [5.74, 6) is -0.332. The van der Waals surface area contributed by atoms with Crippen LogP contribution in [0.1, 0.15) is 33.5 Å². The number of amides is 2. The number of ether oxygens (including phenoxy) is 2. The highest BCUT2D eigenvalue weighted by Gasteiger charge is 2.26. The second kappa shape index (κ2) is 8.10. The molecule has 2 N–H and O–H groups in total. The molecule has 7 heteroatoms. The number of anilines is 1. The first-order chi connectivity index (χ1) is 13.3. The Morgan fingerprint density at radius 2 is 1.96 bits per heavy atom. The lowest BCUT2D eigenvalue weighted by Crippen LogP contribution is -2.36. The van der Waals surface area contributed by atoms with E-state index in [0.29, 0.717) is 12.1 Å². The van der Waals surface area contributed by atoms with Gasteiger partial charge in [-0.15, -0.1) is 0 Å². The van der Waals surface area contributed by atoms with Crippen LogP contribution in [0.25, 0.3) is 0 Å². The first-order valence-electron chi connectivity index (χ1n) is 9.02. The molecule has 6 nitrogen and oxygen atoms in total. The number of aryl methyl sites for hydroxylation is 2. The van der Waals surface area contributed by atoms with Gasteiger partial charge in [-0.05, 0) is 61.6 Å². The van der Waals surface area contributed by atoms with E-state index in [1.807, 2.05) is 13.0 Å². The van der Waals surface area contributed by atoms with Gasteiger partial charge < -0.3 is 20.1 Å². The van der Waals surface area contributed by atoms with Crippen LogP contribution in [0.3, 0.4) is 0 Å². The van der Waals surface area contributed by atoms with Gasteiger partial charge in [0.15, 0.2) is 18.1 Å². The van der Waals surface area contributed by atoms with Gasteiger partial charge >= 0.3 is 0 Å². The molecule has 2 amide bonds. The van der Waals surface area contributed by atoms with Crippen molar-refractivity contribution in [3.8, 4) is 11.5 Å². The van der Waals surface area contributed by atoms with Crippen molar-refractivity contribution in [1.29, 1.82) is 0 Å². The summed E-state index contributed by atoms with van der Waals surface area (Å²) in [6.45, 7) is 4.40. The highest BCUT2D eigenvalue weighted by atomic mass is 35.5. The Labute approximate surface area is 169 Å². The van der Waals surface area contributed by atoms with Gasteiger partial charge in [0.25, 0.3) is 11.8 Å². The van der Waals surface area contributed by atoms with Gasteiger partial charge in [-0.2, -0.15) is 0 Å². The van der Waals surface area contributed by atoms with E-state index in [1.165, 1.54) is 24.3 Å². The standard InChI is InChI=1S/C21H23ClN2O4/c1-12-7-13(2)15-5-4-6-24(17(15)8-12)21(26)14-9-16(22)20(18(10-14)27-3)28-11-19(23)25/h7-10H,4-6,11H2,1-3H3,(H2,23,25). The highest BCUT2D eigenvalue weighted by Crippen LogP contribution is 2.38. The Morgan fingerprint density at radius 1 is 1.21 bits per heavy atom. The van der Waals surface area contributed by atoms with Gasteiger partial charge in [-0.25, -0.2) is 0 Å². The number of rotatable bonds is 5. The Kier molecular flexibility index (Phi) is 5.79. The second-order valence-corrected chi connectivity index (χ2v) is 7.29. The number of carbonyl (C=O) groups excluding carboxylic acids is 2. The van der Waals surface area contributed by atoms with Crippen LogP contribution in [-0.2, 0) is 11.2 Å². The maximum atomic E-state index is 13.3. The molecule has 0 atom stereocenters. The maximum absolute atomic E-state index is 13.3. The molecule has 0 fully saturated rings. The molecular weight excluding hydrogens is 380 g/mol. The van der Waals surface area contributed by atoms with Gasteiger partial charge in [0, 0.05) is 17.8 Å². The highest BCUT2D eigenvalue weighted by molar-refractivity contribution is 6.33. The minimum atomic E-state index is -0.631. The van der Waals surface area contributed by atoms with Crippen molar-refractivity contribution in [1.82, 2.24) is 0 Å². The summed E-state index contributed by atoms with van der Waals surface area (Å²) in [6.07, 6.45) is 1.85. The quantitative estimate of drug-likeness (QED) is 0.830. The van der Waals surface area contributed by atoms with E-state index in [1.54, 1.807) is 11.0 Å². The van der Waals surface area contributed by atoms with E-state index in [9.17, 15) is 9.59 Å². The second-order valence-electron chi connectivity index (χ2n) is 6.88. The molecule has 0 spiro atoms. The largest absolute Gasteiger partial charge is 0.493 e. The van der Waals surface area contributed by atoms with Crippen LogP contribution >= 0.6 is 11.6 Å². The molecule has 28 heavy (non-hydrogen) atoms. The lowest BCUT2D eigenvalue weighted by atomic mass is 9.94. The van der Waals surface area contributed by atoms with Gasteiger partial charge in [0.2, 0.25) is 0 Å². The number of carbonyl (C=O) groups is 2. The van der Waals surface area contributed by atoms with Crippen molar-refractivity contribution in [3.05, 3.63) is 51.5 Å². The fourth-order valence-corrected chi connectivity index (χ4v) is 3.83. The molecule has 1 heterocycles. The normalized spacial score (nSPS) is 13.1. The zero-order valence-corrected chi connectivity index (χ0v) is 16.9. The molecule has 0 aliphatic carbocycles. The average Bonchev–Trinajstić information content (AvgIpc) is 2.65. The topological polar surface area (TPSA) is 81.9 Å². The van der Waals surface area contributed by atoms with E-state index >= 15 is 0 Å². The number of benzene rings is 2. The molecule has 0 unspecified atom stereocenters. The average molecular weight is 403 g/mol. The van der Waals surface area contributed by atoms with Crippen molar-refractivity contribution in [2.45, 2.75) is 26.7 Å². The monoisotopic (exact) mass is 402 g/mol. The fourth-order valence-electron chi connectivity index (χ4n) is 3.57. The van der Waals surface area contributed by atoms with E-state index in [4.69, 9.17) is 26.8 Å². The van der Waals surface area contributed by atoms with Crippen LogP contribution < -0.4 is 20.1 Å². The van der Waals surface area contributed by atoms with Crippen LogP contribution in [0.15, 0.2) is 24.3 Å². The fraction of sp³-hybridized carbons (Fsp3) is 0.333. The molecule has 0 bridgehead atoms. The number of fused-ring (bicyclic) bond motifs is 1. The summed E-state index contributed by atoms with van der Waals surface area (Å²) >= 11 is 6.30. The number of hydrogen-bond acceptors (Lipinski definition) is 4. The zero-order chi connectivity index (χ0) is 20.4. The first-order valence-corrected chi connectivity index (χ1v) is 9.40. The Balaban J connectivity index is 1.98. The molecule has 0 aromatic heterocycles.